The van der Waals surface area contributed by atoms with Crippen LogP contribution in [0.3, 0.4) is 0 Å². The van der Waals surface area contributed by atoms with E-state index in [4.69, 9.17) is 15.3 Å². The lowest BCUT2D eigenvalue weighted by Gasteiger charge is -2.36. The summed E-state index contributed by atoms with van der Waals surface area (Å²) >= 11 is 0. The first-order valence-electron chi connectivity index (χ1n) is 25.1. The van der Waals surface area contributed by atoms with Gasteiger partial charge in [-0.2, -0.15) is 8.78 Å². The summed E-state index contributed by atoms with van der Waals surface area (Å²) in [4.78, 5) is 48.9. The maximum absolute atomic E-state index is 15.1. The fraction of sp³-hybridized carbons (Fsp3) is 0.340. The van der Waals surface area contributed by atoms with Gasteiger partial charge in [0, 0.05) is 145 Å². The number of nitrogens with one attached hydrogen (secondary N) is 3. The fourth-order valence-electron chi connectivity index (χ4n) is 8.65. The quantitative estimate of drug-likeness (QED) is 0.0213. The van der Waals surface area contributed by atoms with Crippen LogP contribution in [0.1, 0.15) is 0 Å². The van der Waals surface area contributed by atoms with E-state index in [-0.39, 0.29) is 54.3 Å². The number of piperazine rings is 3. The fourth-order valence-corrected chi connectivity index (χ4v) is 8.65. The number of rotatable bonds is 15. The standard InChI is InChI=1S/C29H28F2N6O2.C12H15F2N3O3.C6H2F3NO2.C6H14N2O/c1-2-27(39)33-21-7-3-5-19(15-21)22-8-4-6-20-18-32-29(35-28(20)22)34-25-16-24(31)26(17-23(25)30)37-11-9-36(10-12-37)13-14-38;13-9-8-12(17(19)20)10(14)7-11(9)16-3-1-15(2-4-16)5-6-18;7-3-1-5(9)6(10(11)12)2-4(3)8;9-6-5-8-3-1-7-2-4-8/h2-8,15-18,38H,1,9-14H2,(H,33,39)(H,32,34,35);7-8,18H,1-6H2;1-2H;7,9H,1-6H2. The van der Waals surface area contributed by atoms with E-state index in [9.17, 15) is 47.0 Å². The van der Waals surface area contributed by atoms with Crippen LogP contribution < -0.4 is 25.8 Å². The van der Waals surface area contributed by atoms with Gasteiger partial charge < -0.3 is 41.1 Å². The van der Waals surface area contributed by atoms with E-state index >= 15 is 8.78 Å². The third-order valence-electron chi connectivity index (χ3n) is 12.8. The zero-order chi connectivity index (χ0) is 57.9. The van der Waals surface area contributed by atoms with Gasteiger partial charge in [0.05, 0.1) is 64.4 Å². The molecule has 5 aromatic carbocycles. The van der Waals surface area contributed by atoms with Crippen LogP contribution in [0.25, 0.3) is 22.0 Å². The van der Waals surface area contributed by atoms with Gasteiger partial charge >= 0.3 is 11.4 Å². The maximum atomic E-state index is 15.1. The predicted octanol–water partition coefficient (Wildman–Crippen LogP) is 6.44. The molecule has 3 fully saturated rings. The molecule has 6 N–H and O–H groups in total. The minimum Gasteiger partial charge on any atom is -0.395 e. The number of aliphatic hydroxyl groups is 3. The summed E-state index contributed by atoms with van der Waals surface area (Å²) in [6.45, 7) is 14.8. The van der Waals surface area contributed by atoms with Gasteiger partial charge in [0.15, 0.2) is 17.5 Å². The van der Waals surface area contributed by atoms with Gasteiger partial charge in [-0.3, -0.25) is 39.7 Å². The summed E-state index contributed by atoms with van der Waals surface area (Å²) in [7, 11) is 0. The molecule has 3 saturated heterocycles. The molecule has 27 heteroatoms. The number of anilines is 5. The predicted molar refractivity (Wildman–Crippen MR) is 287 cm³/mol. The number of amides is 1. The Morgan fingerprint density at radius 3 is 1.68 bits per heavy atom. The van der Waals surface area contributed by atoms with E-state index < -0.39 is 61.9 Å². The van der Waals surface area contributed by atoms with Crippen molar-refractivity contribution in [2.45, 2.75) is 0 Å². The second-order valence-corrected chi connectivity index (χ2v) is 18.0. The lowest BCUT2D eigenvalue weighted by molar-refractivity contribution is -0.387. The topological polar surface area (TPSA) is 242 Å². The lowest BCUT2D eigenvalue weighted by Crippen LogP contribution is -2.47. The normalized spacial score (nSPS) is 14.9. The molecule has 3 aliphatic rings. The molecule has 6 aromatic rings. The zero-order valence-electron chi connectivity index (χ0n) is 43.1. The number of carbonyl (C=O) groups excluding carboxylic acids is 1. The Bertz CT molecular complexity index is 3090. The number of para-hydroxylation sites is 1. The molecule has 0 radical (unpaired) electrons. The van der Waals surface area contributed by atoms with E-state index in [2.05, 4.69) is 42.3 Å². The van der Waals surface area contributed by atoms with Crippen LogP contribution in [-0.4, -0.2) is 174 Å². The molecule has 1 aromatic heterocycles. The highest BCUT2D eigenvalue weighted by atomic mass is 19.2. The van der Waals surface area contributed by atoms with Crippen LogP contribution in [0.2, 0.25) is 0 Å². The van der Waals surface area contributed by atoms with Gasteiger partial charge in [-0.25, -0.2) is 31.9 Å². The minimum atomic E-state index is -1.45. The second kappa shape index (κ2) is 29.9. The van der Waals surface area contributed by atoms with Crippen molar-refractivity contribution < 1.29 is 60.7 Å². The van der Waals surface area contributed by atoms with Crippen LogP contribution in [0.5, 0.6) is 0 Å². The summed E-state index contributed by atoms with van der Waals surface area (Å²) < 4.78 is 94.5. The summed E-state index contributed by atoms with van der Waals surface area (Å²) in [6.07, 6.45) is 2.81. The van der Waals surface area contributed by atoms with Crippen LogP contribution in [-0.2, 0) is 4.79 Å². The number of carbonyl (C=O) groups is 1. The maximum Gasteiger partial charge on any atom is 0.307 e. The van der Waals surface area contributed by atoms with Crippen molar-refractivity contribution in [1.82, 2.24) is 30.0 Å². The van der Waals surface area contributed by atoms with Gasteiger partial charge in [0.2, 0.25) is 23.5 Å². The molecule has 0 atom stereocenters. The third kappa shape index (κ3) is 17.0. The summed E-state index contributed by atoms with van der Waals surface area (Å²) in [6, 6.07) is 17.1. The molecular weight excluding hydrogens is 1070 g/mol. The summed E-state index contributed by atoms with van der Waals surface area (Å²) in [5.41, 5.74) is 1.06. The van der Waals surface area contributed by atoms with Gasteiger partial charge in [-0.15, -0.1) is 0 Å². The molecule has 80 heavy (non-hydrogen) atoms. The second-order valence-electron chi connectivity index (χ2n) is 18.0. The van der Waals surface area contributed by atoms with Gasteiger partial charge in [0.25, 0.3) is 0 Å². The Morgan fingerprint density at radius 2 is 1.12 bits per heavy atom. The zero-order valence-corrected chi connectivity index (χ0v) is 43.1. The average Bonchev–Trinajstić information content (AvgIpc) is 3.45. The smallest absolute Gasteiger partial charge is 0.307 e. The largest absolute Gasteiger partial charge is 0.395 e. The number of aliphatic hydroxyl groups excluding tert-OH is 3. The first-order valence-corrected chi connectivity index (χ1v) is 25.1. The highest BCUT2D eigenvalue weighted by Crippen LogP contribution is 2.33. The molecule has 0 aliphatic carbocycles. The van der Waals surface area contributed by atoms with Crippen LogP contribution in [0.4, 0.5) is 70.8 Å². The number of benzene rings is 5. The monoisotopic (exact) mass is 1120 g/mol. The number of hydrogen-bond acceptors (Lipinski definition) is 17. The number of nitrogens with zero attached hydrogens (tertiary/aromatic N) is 9. The van der Waals surface area contributed by atoms with Crippen molar-refractivity contribution in [3.05, 3.63) is 159 Å². The highest BCUT2D eigenvalue weighted by molar-refractivity contribution is 6.00. The molecule has 0 saturated carbocycles. The van der Waals surface area contributed by atoms with Crippen molar-refractivity contribution in [2.75, 3.05) is 138 Å². The summed E-state index contributed by atoms with van der Waals surface area (Å²) in [5, 5.41) is 56.6. The highest BCUT2D eigenvalue weighted by Gasteiger charge is 2.25. The molecule has 3 aliphatic heterocycles. The molecular formula is C53H59F7N12O8. The van der Waals surface area contributed by atoms with E-state index in [1.165, 1.54) is 12.1 Å². The van der Waals surface area contributed by atoms with Gasteiger partial charge in [-0.05, 0) is 23.8 Å². The molecule has 1 amide bonds. The van der Waals surface area contributed by atoms with E-state index in [1.807, 2.05) is 41.3 Å². The first-order chi connectivity index (χ1) is 38.4. The number of aromatic nitrogens is 2. The van der Waals surface area contributed by atoms with Crippen LogP contribution in [0, 0.1) is 60.9 Å². The Morgan fingerprint density at radius 1 is 0.625 bits per heavy atom. The Balaban J connectivity index is 0.000000207. The van der Waals surface area contributed by atoms with Crippen molar-refractivity contribution in [2.24, 2.45) is 0 Å². The minimum absolute atomic E-state index is 0.0387. The molecule has 20 nitrogen and oxygen atoms in total. The SMILES string of the molecule is C=CC(=O)Nc1cccc(-c2cccc3cnc(Nc4cc(F)c(N5CCN(CCO)CC5)cc4F)nc23)c1.O=[N+]([O-])c1cc(F)c(F)cc1F.O=[N+]([O-])c1cc(F)c(N2CCN(CCO)CC2)cc1F.OCCN1CCNCC1. The average molecular weight is 1130 g/mol. The van der Waals surface area contributed by atoms with Crippen molar-refractivity contribution >= 4 is 56.9 Å². The Hall–Kier alpha value is -7.92. The number of fused-ring (bicyclic) bond motifs is 1. The van der Waals surface area contributed by atoms with E-state index in [1.54, 1.807) is 22.1 Å². The molecule has 0 bridgehead atoms. The number of nitro groups is 2. The number of halogens is 7. The van der Waals surface area contributed by atoms with Crippen molar-refractivity contribution in [1.29, 1.82) is 0 Å². The van der Waals surface area contributed by atoms with Crippen LogP contribution in [0.15, 0.2) is 97.7 Å². The molecule has 4 heterocycles. The number of β-amino-alcohol motifs (C(OH)–C–C–N with tert-alkyl or cyclic N) is 3. The Kier molecular flexibility index (Phi) is 22.9. The van der Waals surface area contributed by atoms with E-state index in [0.717, 1.165) is 61.4 Å². The Labute approximate surface area is 454 Å². The molecule has 9 rings (SSSR count). The van der Waals surface area contributed by atoms with Gasteiger partial charge in [0.1, 0.15) is 11.6 Å². The molecule has 0 unspecified atom stereocenters. The van der Waals surface area contributed by atoms with Gasteiger partial charge in [-0.1, -0.05) is 36.9 Å². The summed E-state index contributed by atoms with van der Waals surface area (Å²) in [5.74, 6) is -7.47. The van der Waals surface area contributed by atoms with E-state index in [0.29, 0.717) is 89.3 Å². The lowest BCUT2D eigenvalue weighted by atomic mass is 10.0. The number of nitro benzene ring substituents is 2. The molecule has 428 valence electrons. The van der Waals surface area contributed by atoms with Crippen LogP contribution >= 0.6 is 0 Å². The van der Waals surface area contributed by atoms with Crippen molar-refractivity contribution in [3.63, 3.8) is 0 Å². The first kappa shape index (κ1) is 61.3. The third-order valence-corrected chi connectivity index (χ3v) is 12.8. The van der Waals surface area contributed by atoms with Crippen molar-refractivity contribution in [3.8, 4) is 11.1 Å². The number of hydrogen-bond donors (Lipinski definition) is 6. The molecule has 0 spiro atoms.